The zero-order valence-corrected chi connectivity index (χ0v) is 22.1. The molecular formula is C29H41NO7. The highest BCUT2D eigenvalue weighted by atomic mass is 16.6. The average Bonchev–Trinajstić information content (AvgIpc) is 3.22. The van der Waals surface area contributed by atoms with E-state index in [2.05, 4.69) is 29.6 Å². The van der Waals surface area contributed by atoms with Crippen molar-refractivity contribution in [2.45, 2.75) is 32.3 Å². The second-order valence-corrected chi connectivity index (χ2v) is 8.97. The number of carbonyl (C=O) groups excluding carboxylic acids is 1. The van der Waals surface area contributed by atoms with Crippen molar-refractivity contribution >= 4 is 6.09 Å². The van der Waals surface area contributed by atoms with E-state index in [0.29, 0.717) is 79.0 Å². The molecule has 8 nitrogen and oxygen atoms in total. The molecule has 2 aromatic rings. The van der Waals surface area contributed by atoms with Gasteiger partial charge in [0.25, 0.3) is 0 Å². The summed E-state index contributed by atoms with van der Waals surface area (Å²) in [5, 5.41) is 2.80. The standard InChI is InChI=1S/C29H41NO7/c1-23(2)36-21-20-35-19-18-34-17-16-33-15-14-32-13-7-12-30-29(31)37-22-28-26-10-5-3-8-24(26)25-9-4-6-11-27(25)28/h3-6,8-11,23,28H,7,12-22H2,1-2H3,(H,30,31). The molecule has 1 aliphatic carbocycles. The first-order chi connectivity index (χ1) is 18.2. The van der Waals surface area contributed by atoms with E-state index in [1.165, 1.54) is 22.3 Å². The minimum Gasteiger partial charge on any atom is -0.449 e. The third-order valence-electron chi connectivity index (χ3n) is 5.87. The van der Waals surface area contributed by atoms with Crippen molar-refractivity contribution in [1.29, 1.82) is 0 Å². The van der Waals surface area contributed by atoms with Crippen molar-refractivity contribution in [1.82, 2.24) is 5.32 Å². The molecule has 0 spiro atoms. The summed E-state index contributed by atoms with van der Waals surface area (Å²) < 4.78 is 32.8. The lowest BCUT2D eigenvalue weighted by Crippen LogP contribution is -2.27. The summed E-state index contributed by atoms with van der Waals surface area (Å²) in [6.45, 7) is 9.68. The number of fused-ring (bicyclic) bond motifs is 3. The van der Waals surface area contributed by atoms with E-state index >= 15 is 0 Å². The molecule has 0 atom stereocenters. The number of carbonyl (C=O) groups is 1. The topological polar surface area (TPSA) is 84.5 Å². The summed E-state index contributed by atoms with van der Waals surface area (Å²) in [5.74, 6) is 0.0647. The van der Waals surface area contributed by atoms with E-state index in [1.54, 1.807) is 0 Å². The summed E-state index contributed by atoms with van der Waals surface area (Å²) in [6.07, 6.45) is 0.529. The molecule has 0 saturated carbocycles. The normalized spacial score (nSPS) is 12.5. The third kappa shape index (κ3) is 10.4. The smallest absolute Gasteiger partial charge is 0.407 e. The number of rotatable bonds is 19. The number of hydrogen-bond acceptors (Lipinski definition) is 7. The Hall–Kier alpha value is -2.49. The van der Waals surface area contributed by atoms with Gasteiger partial charge in [0.1, 0.15) is 6.61 Å². The maximum absolute atomic E-state index is 12.2. The van der Waals surface area contributed by atoms with Crippen LogP contribution in [0.2, 0.25) is 0 Å². The van der Waals surface area contributed by atoms with Gasteiger partial charge in [-0.1, -0.05) is 48.5 Å². The van der Waals surface area contributed by atoms with Crippen molar-refractivity contribution in [3.63, 3.8) is 0 Å². The molecule has 0 aliphatic heterocycles. The van der Waals surface area contributed by atoms with Gasteiger partial charge in [0, 0.05) is 19.1 Å². The van der Waals surface area contributed by atoms with Crippen molar-refractivity contribution in [2.75, 3.05) is 72.6 Å². The molecule has 2 aromatic carbocycles. The third-order valence-corrected chi connectivity index (χ3v) is 5.87. The van der Waals surface area contributed by atoms with Crippen LogP contribution in [0.25, 0.3) is 11.1 Å². The Morgan fingerprint density at radius 2 is 1.22 bits per heavy atom. The van der Waals surface area contributed by atoms with E-state index in [1.807, 2.05) is 38.1 Å². The first-order valence-electron chi connectivity index (χ1n) is 13.2. The van der Waals surface area contributed by atoms with Crippen LogP contribution in [0.4, 0.5) is 4.79 Å². The molecule has 37 heavy (non-hydrogen) atoms. The predicted octanol–water partition coefficient (Wildman–Crippen LogP) is 4.41. The van der Waals surface area contributed by atoms with Crippen molar-refractivity contribution in [3.05, 3.63) is 59.7 Å². The fourth-order valence-electron chi connectivity index (χ4n) is 4.12. The lowest BCUT2D eigenvalue weighted by molar-refractivity contribution is -0.0176. The van der Waals surface area contributed by atoms with Crippen LogP contribution in [0.15, 0.2) is 48.5 Å². The van der Waals surface area contributed by atoms with Gasteiger partial charge in [-0.15, -0.1) is 0 Å². The number of nitrogens with one attached hydrogen (secondary N) is 1. The SMILES string of the molecule is CC(C)OCCOCCOCCOCCOCCCNC(=O)OCC1c2ccccc2-c2ccccc21. The molecular weight excluding hydrogens is 474 g/mol. The highest BCUT2D eigenvalue weighted by molar-refractivity contribution is 5.79. The summed E-state index contributed by atoms with van der Waals surface area (Å²) in [6, 6.07) is 16.6. The Labute approximate surface area is 220 Å². The van der Waals surface area contributed by atoms with Gasteiger partial charge in [0.2, 0.25) is 0 Å². The van der Waals surface area contributed by atoms with Gasteiger partial charge < -0.3 is 33.7 Å². The van der Waals surface area contributed by atoms with Gasteiger partial charge in [0.05, 0.1) is 59.0 Å². The Kier molecular flexibility index (Phi) is 13.4. The number of hydrogen-bond donors (Lipinski definition) is 1. The largest absolute Gasteiger partial charge is 0.449 e. The van der Waals surface area contributed by atoms with Gasteiger partial charge in [-0.2, -0.15) is 0 Å². The fraction of sp³-hybridized carbons (Fsp3) is 0.552. The maximum atomic E-state index is 12.2. The van der Waals surface area contributed by atoms with Crippen LogP contribution in [-0.4, -0.2) is 84.8 Å². The van der Waals surface area contributed by atoms with Gasteiger partial charge in [-0.25, -0.2) is 4.79 Å². The predicted molar refractivity (Wildman–Crippen MR) is 142 cm³/mol. The highest BCUT2D eigenvalue weighted by Gasteiger charge is 2.28. The summed E-state index contributed by atoms with van der Waals surface area (Å²) >= 11 is 0. The molecule has 3 rings (SSSR count). The molecule has 0 heterocycles. The van der Waals surface area contributed by atoms with E-state index in [4.69, 9.17) is 28.4 Å². The lowest BCUT2D eigenvalue weighted by atomic mass is 9.98. The van der Waals surface area contributed by atoms with Crippen LogP contribution < -0.4 is 5.32 Å². The zero-order valence-electron chi connectivity index (χ0n) is 22.1. The van der Waals surface area contributed by atoms with E-state index in [0.717, 1.165) is 0 Å². The molecule has 1 amide bonds. The Morgan fingerprint density at radius 1 is 0.730 bits per heavy atom. The average molecular weight is 516 g/mol. The molecule has 204 valence electrons. The monoisotopic (exact) mass is 515 g/mol. The Balaban J connectivity index is 1.12. The van der Waals surface area contributed by atoms with Crippen LogP contribution in [0.5, 0.6) is 0 Å². The van der Waals surface area contributed by atoms with Crippen molar-refractivity contribution < 1.29 is 33.2 Å². The van der Waals surface area contributed by atoms with Crippen molar-refractivity contribution in [2.24, 2.45) is 0 Å². The van der Waals surface area contributed by atoms with Gasteiger partial charge >= 0.3 is 6.09 Å². The molecule has 0 radical (unpaired) electrons. The number of alkyl carbamates (subject to hydrolysis) is 1. The number of ether oxygens (including phenoxy) is 6. The second kappa shape index (κ2) is 17.1. The zero-order chi connectivity index (χ0) is 26.1. The Bertz CT molecular complexity index is 875. The molecule has 8 heteroatoms. The van der Waals surface area contributed by atoms with Gasteiger partial charge in [-0.3, -0.25) is 0 Å². The number of benzene rings is 2. The Morgan fingerprint density at radius 3 is 1.76 bits per heavy atom. The molecule has 0 bridgehead atoms. The van der Waals surface area contributed by atoms with Crippen molar-refractivity contribution in [3.8, 4) is 11.1 Å². The van der Waals surface area contributed by atoms with Gasteiger partial charge in [0.15, 0.2) is 0 Å². The maximum Gasteiger partial charge on any atom is 0.407 e. The molecule has 0 aromatic heterocycles. The van der Waals surface area contributed by atoms with E-state index in [9.17, 15) is 4.79 Å². The van der Waals surface area contributed by atoms with Crippen LogP contribution in [0.3, 0.4) is 0 Å². The molecule has 1 aliphatic rings. The first-order valence-corrected chi connectivity index (χ1v) is 13.2. The molecule has 0 fully saturated rings. The molecule has 0 saturated heterocycles. The van der Waals surface area contributed by atoms with Crippen LogP contribution in [0, 0.1) is 0 Å². The van der Waals surface area contributed by atoms with Crippen LogP contribution in [0.1, 0.15) is 37.3 Å². The summed E-state index contributed by atoms with van der Waals surface area (Å²) in [5.41, 5.74) is 4.84. The number of amides is 1. The molecule has 1 N–H and O–H groups in total. The molecule has 0 unspecified atom stereocenters. The lowest BCUT2D eigenvalue weighted by Gasteiger charge is -2.14. The quantitative estimate of drug-likeness (QED) is 0.278. The summed E-state index contributed by atoms with van der Waals surface area (Å²) in [4.78, 5) is 12.2. The van der Waals surface area contributed by atoms with E-state index < -0.39 is 6.09 Å². The fourth-order valence-corrected chi connectivity index (χ4v) is 4.12. The second-order valence-electron chi connectivity index (χ2n) is 8.97. The van der Waals surface area contributed by atoms with E-state index in [-0.39, 0.29) is 12.0 Å². The van der Waals surface area contributed by atoms with Crippen LogP contribution >= 0.6 is 0 Å². The highest BCUT2D eigenvalue weighted by Crippen LogP contribution is 2.44. The van der Waals surface area contributed by atoms with Crippen LogP contribution in [-0.2, 0) is 28.4 Å². The van der Waals surface area contributed by atoms with Gasteiger partial charge in [-0.05, 0) is 42.5 Å². The minimum atomic E-state index is -0.403. The summed E-state index contributed by atoms with van der Waals surface area (Å²) in [7, 11) is 0. The minimum absolute atomic E-state index is 0.0647. The first kappa shape index (κ1) is 29.1.